The molecule has 138 valence electrons. The standard InChI is InChI=1S/C20H16BrClN2O3/c1-2-27-17-9-11(8-15(21)18(17)25)7-12-5-6-24-19(12)23-16-10-13(22)3-4-14(16)20(24)26/h3-4,7-10,25H,2,5-6H2,1H3/b12-7-. The lowest BCUT2D eigenvalue weighted by atomic mass is 10.1. The second-order valence-corrected chi connectivity index (χ2v) is 7.55. The van der Waals surface area contributed by atoms with Crippen LogP contribution in [0.1, 0.15) is 24.7 Å². The summed E-state index contributed by atoms with van der Waals surface area (Å²) in [5.74, 6) is 1.13. The van der Waals surface area contributed by atoms with Crippen LogP contribution in [0.4, 0.5) is 0 Å². The number of hydrogen-bond donors (Lipinski definition) is 1. The molecule has 2 heterocycles. The highest BCUT2D eigenvalue weighted by atomic mass is 79.9. The molecule has 3 aromatic rings. The highest BCUT2D eigenvalue weighted by Crippen LogP contribution is 2.37. The zero-order chi connectivity index (χ0) is 19.1. The Hall–Kier alpha value is -2.31. The Morgan fingerprint density at radius 1 is 1.37 bits per heavy atom. The van der Waals surface area contributed by atoms with Gasteiger partial charge in [0.1, 0.15) is 5.82 Å². The summed E-state index contributed by atoms with van der Waals surface area (Å²) < 4.78 is 7.73. The Kier molecular flexibility index (Phi) is 4.70. The normalized spacial score (nSPS) is 14.7. The van der Waals surface area contributed by atoms with Crippen molar-refractivity contribution in [3.63, 3.8) is 0 Å². The topological polar surface area (TPSA) is 64.4 Å². The Morgan fingerprint density at radius 3 is 2.96 bits per heavy atom. The molecule has 0 fully saturated rings. The molecule has 0 bridgehead atoms. The molecule has 0 amide bonds. The van der Waals surface area contributed by atoms with E-state index in [1.165, 1.54) is 0 Å². The molecular weight excluding hydrogens is 432 g/mol. The van der Waals surface area contributed by atoms with Crippen LogP contribution in [0, 0.1) is 0 Å². The Labute approximate surface area is 169 Å². The molecule has 0 unspecified atom stereocenters. The van der Waals surface area contributed by atoms with E-state index in [1.54, 1.807) is 28.8 Å². The highest BCUT2D eigenvalue weighted by Gasteiger charge is 2.21. The van der Waals surface area contributed by atoms with Gasteiger partial charge in [0.2, 0.25) is 0 Å². The maximum Gasteiger partial charge on any atom is 0.261 e. The Balaban J connectivity index is 1.85. The molecule has 0 atom stereocenters. The van der Waals surface area contributed by atoms with Crippen molar-refractivity contribution in [2.45, 2.75) is 19.9 Å². The third kappa shape index (κ3) is 3.24. The van der Waals surface area contributed by atoms with Crippen LogP contribution in [0.15, 0.2) is 39.6 Å². The molecule has 0 radical (unpaired) electrons. The van der Waals surface area contributed by atoms with Gasteiger partial charge in [-0.15, -0.1) is 0 Å². The fourth-order valence-electron chi connectivity index (χ4n) is 3.27. The molecule has 4 rings (SSSR count). The largest absolute Gasteiger partial charge is 0.503 e. The van der Waals surface area contributed by atoms with E-state index in [2.05, 4.69) is 20.9 Å². The summed E-state index contributed by atoms with van der Waals surface area (Å²) in [6, 6.07) is 8.71. The summed E-state index contributed by atoms with van der Waals surface area (Å²) in [5.41, 5.74) is 2.34. The van der Waals surface area contributed by atoms with E-state index in [4.69, 9.17) is 16.3 Å². The number of phenols is 1. The van der Waals surface area contributed by atoms with Gasteiger partial charge in [0.15, 0.2) is 11.5 Å². The average Bonchev–Trinajstić information content (AvgIpc) is 3.02. The van der Waals surface area contributed by atoms with E-state index in [-0.39, 0.29) is 11.3 Å². The summed E-state index contributed by atoms with van der Waals surface area (Å²) in [4.78, 5) is 17.4. The van der Waals surface area contributed by atoms with Gasteiger partial charge in [0, 0.05) is 11.6 Å². The molecule has 1 aromatic heterocycles. The maximum atomic E-state index is 12.8. The van der Waals surface area contributed by atoms with Crippen LogP contribution in [-0.2, 0) is 6.54 Å². The Bertz CT molecular complexity index is 1150. The number of aromatic nitrogens is 2. The number of hydrogen-bond acceptors (Lipinski definition) is 4. The maximum absolute atomic E-state index is 12.8. The number of rotatable bonds is 3. The van der Waals surface area contributed by atoms with Crippen molar-refractivity contribution in [2.75, 3.05) is 6.61 Å². The fraction of sp³-hybridized carbons (Fsp3) is 0.200. The summed E-state index contributed by atoms with van der Waals surface area (Å²) in [5, 5.41) is 11.2. The van der Waals surface area contributed by atoms with Gasteiger partial charge < -0.3 is 9.84 Å². The van der Waals surface area contributed by atoms with Gasteiger partial charge in [0.25, 0.3) is 5.56 Å². The van der Waals surface area contributed by atoms with Crippen LogP contribution in [0.5, 0.6) is 11.5 Å². The number of halogens is 2. The summed E-state index contributed by atoms with van der Waals surface area (Å²) >= 11 is 9.42. The van der Waals surface area contributed by atoms with Gasteiger partial charge in [-0.05, 0) is 76.8 Å². The van der Waals surface area contributed by atoms with Gasteiger partial charge in [0.05, 0.1) is 22.0 Å². The third-order valence-corrected chi connectivity index (χ3v) is 5.34. The van der Waals surface area contributed by atoms with Crippen LogP contribution in [0.25, 0.3) is 22.6 Å². The molecule has 2 aromatic carbocycles. The van der Waals surface area contributed by atoms with Crippen LogP contribution < -0.4 is 10.3 Å². The number of aromatic hydroxyl groups is 1. The summed E-state index contributed by atoms with van der Waals surface area (Å²) in [6.07, 6.45) is 2.67. The zero-order valence-corrected chi connectivity index (χ0v) is 16.8. The smallest absolute Gasteiger partial charge is 0.261 e. The summed E-state index contributed by atoms with van der Waals surface area (Å²) in [6.45, 7) is 2.90. The predicted octanol–water partition coefficient (Wildman–Crippen LogP) is 4.86. The van der Waals surface area contributed by atoms with Gasteiger partial charge in [-0.25, -0.2) is 4.98 Å². The van der Waals surface area contributed by atoms with Crippen LogP contribution in [0.2, 0.25) is 5.02 Å². The quantitative estimate of drug-likeness (QED) is 0.623. The van der Waals surface area contributed by atoms with Gasteiger partial charge in [-0.2, -0.15) is 0 Å². The van der Waals surface area contributed by atoms with Crippen molar-refractivity contribution >= 4 is 50.1 Å². The van der Waals surface area contributed by atoms with Gasteiger partial charge in [-0.3, -0.25) is 9.36 Å². The first-order chi connectivity index (χ1) is 13.0. The van der Waals surface area contributed by atoms with Crippen LogP contribution in [-0.4, -0.2) is 21.3 Å². The molecule has 0 saturated carbocycles. The first-order valence-corrected chi connectivity index (χ1v) is 9.71. The molecule has 0 spiro atoms. The molecule has 0 aliphatic carbocycles. The molecule has 1 N–H and O–H groups in total. The summed E-state index contributed by atoms with van der Waals surface area (Å²) in [7, 11) is 0. The molecule has 1 aliphatic rings. The minimum atomic E-state index is -0.0584. The number of nitrogens with zero attached hydrogens (tertiary/aromatic N) is 2. The number of fused-ring (bicyclic) bond motifs is 2. The number of benzene rings is 2. The molecule has 0 saturated heterocycles. The van der Waals surface area contributed by atoms with Gasteiger partial charge >= 0.3 is 0 Å². The fourth-order valence-corrected chi connectivity index (χ4v) is 3.90. The third-order valence-electron chi connectivity index (χ3n) is 4.50. The van der Waals surface area contributed by atoms with Crippen molar-refractivity contribution in [2.24, 2.45) is 0 Å². The first kappa shape index (κ1) is 18.1. The van der Waals surface area contributed by atoms with Crippen molar-refractivity contribution < 1.29 is 9.84 Å². The average molecular weight is 448 g/mol. The van der Waals surface area contributed by atoms with Crippen LogP contribution >= 0.6 is 27.5 Å². The van der Waals surface area contributed by atoms with E-state index >= 15 is 0 Å². The van der Waals surface area contributed by atoms with E-state index in [0.717, 1.165) is 11.1 Å². The minimum Gasteiger partial charge on any atom is -0.503 e. The minimum absolute atomic E-state index is 0.0584. The number of phenolic OH excluding ortho intramolecular Hbond substituents is 1. The van der Waals surface area contributed by atoms with Crippen molar-refractivity contribution in [1.82, 2.24) is 9.55 Å². The second kappa shape index (κ2) is 7.02. The molecule has 1 aliphatic heterocycles. The SMILES string of the molecule is CCOc1cc(/C=C2/CCn3c2nc2cc(Cl)ccc2c3=O)cc(Br)c1O. The highest BCUT2D eigenvalue weighted by molar-refractivity contribution is 9.10. The molecule has 5 nitrogen and oxygen atoms in total. The van der Waals surface area contributed by atoms with Gasteiger partial charge in [-0.1, -0.05) is 11.6 Å². The lowest BCUT2D eigenvalue weighted by Gasteiger charge is -2.09. The predicted molar refractivity (Wildman–Crippen MR) is 110 cm³/mol. The molecule has 27 heavy (non-hydrogen) atoms. The number of allylic oxidation sites excluding steroid dienone is 1. The lowest BCUT2D eigenvalue weighted by Crippen LogP contribution is -2.20. The molecule has 7 heteroatoms. The lowest BCUT2D eigenvalue weighted by molar-refractivity contribution is 0.317. The monoisotopic (exact) mass is 446 g/mol. The molecular formula is C20H16BrClN2O3. The van der Waals surface area contributed by atoms with Crippen molar-refractivity contribution in [3.05, 3.63) is 61.6 Å². The van der Waals surface area contributed by atoms with E-state index in [9.17, 15) is 9.90 Å². The van der Waals surface area contributed by atoms with Crippen LogP contribution in [0.3, 0.4) is 0 Å². The van der Waals surface area contributed by atoms with E-state index < -0.39 is 0 Å². The number of ether oxygens (including phenoxy) is 1. The Morgan fingerprint density at radius 2 is 2.19 bits per heavy atom. The van der Waals surface area contributed by atoms with E-state index in [1.807, 2.05) is 19.1 Å². The zero-order valence-electron chi connectivity index (χ0n) is 14.5. The van der Waals surface area contributed by atoms with Crippen molar-refractivity contribution in [1.29, 1.82) is 0 Å². The first-order valence-electron chi connectivity index (χ1n) is 8.54. The second-order valence-electron chi connectivity index (χ2n) is 6.26. The van der Waals surface area contributed by atoms with Crippen molar-refractivity contribution in [3.8, 4) is 11.5 Å². The van der Waals surface area contributed by atoms with E-state index in [0.29, 0.717) is 51.5 Å².